The maximum Gasteiger partial charge on any atom is 0.319 e. The highest BCUT2D eigenvalue weighted by Crippen LogP contribution is 2.30. The van der Waals surface area contributed by atoms with Crippen LogP contribution in [0.15, 0.2) is 48.5 Å². The predicted molar refractivity (Wildman–Crippen MR) is 99.0 cm³/mol. The summed E-state index contributed by atoms with van der Waals surface area (Å²) in [5.41, 5.74) is 2.59. The second-order valence-corrected chi connectivity index (χ2v) is 7.00. The summed E-state index contributed by atoms with van der Waals surface area (Å²) < 4.78 is 16.6. The first-order chi connectivity index (χ1) is 11.5. The van der Waals surface area contributed by atoms with Crippen molar-refractivity contribution in [3.05, 3.63) is 48.5 Å². The van der Waals surface area contributed by atoms with E-state index in [1.165, 1.54) is 0 Å². The largest absolute Gasteiger partial charge is 0.496 e. The average Bonchev–Trinajstić information content (AvgIpc) is 2.54. The Morgan fingerprint density at radius 1 is 1.21 bits per heavy atom. The summed E-state index contributed by atoms with van der Waals surface area (Å²) in [6.45, 7) is 1.83. The molecule has 24 heavy (non-hydrogen) atoms. The van der Waals surface area contributed by atoms with Crippen molar-refractivity contribution in [1.29, 1.82) is 0 Å². The van der Waals surface area contributed by atoms with Gasteiger partial charge in [-0.2, -0.15) is 0 Å². The number of urea groups is 1. The van der Waals surface area contributed by atoms with Crippen molar-refractivity contribution in [2.75, 3.05) is 24.4 Å². The smallest absolute Gasteiger partial charge is 0.319 e. The fraction of sp³-hybridized carbons (Fsp3) is 0.278. The molecule has 0 heterocycles. The fourth-order valence-corrected chi connectivity index (χ4v) is 3.22. The van der Waals surface area contributed by atoms with Gasteiger partial charge in [-0.1, -0.05) is 30.3 Å². The monoisotopic (exact) mass is 346 g/mol. The number of carbonyl (C=O) groups is 1. The second-order valence-electron chi connectivity index (χ2n) is 5.52. The SMILES string of the molecule is COc1ccccc1-c1cccc(NC(=O)N[C@H](C)C[S@@](C)=O)c1. The zero-order valence-corrected chi connectivity index (χ0v) is 14.9. The van der Waals surface area contributed by atoms with Crippen LogP contribution in [0, 0.1) is 0 Å². The van der Waals surface area contributed by atoms with E-state index in [4.69, 9.17) is 4.74 Å². The first kappa shape index (κ1) is 18.0. The highest BCUT2D eigenvalue weighted by atomic mass is 32.2. The lowest BCUT2D eigenvalue weighted by atomic mass is 10.0. The molecule has 0 unspecified atom stereocenters. The standard InChI is InChI=1S/C18H22N2O3S/c1-13(12-24(3)22)19-18(21)20-15-8-6-7-14(11-15)16-9-4-5-10-17(16)23-2/h4-11,13H,12H2,1-3H3,(H2,19,20,21)/t13-,24-/m1/s1. The minimum absolute atomic E-state index is 0.159. The van der Waals surface area contributed by atoms with Crippen molar-refractivity contribution in [2.45, 2.75) is 13.0 Å². The van der Waals surface area contributed by atoms with Crippen molar-refractivity contribution >= 4 is 22.5 Å². The Bertz CT molecular complexity index is 734. The number of hydrogen-bond acceptors (Lipinski definition) is 3. The molecule has 0 aliphatic heterocycles. The molecular formula is C18H22N2O3S. The van der Waals surface area contributed by atoms with Gasteiger partial charge in [-0.3, -0.25) is 4.21 Å². The summed E-state index contributed by atoms with van der Waals surface area (Å²) in [7, 11) is 0.685. The van der Waals surface area contributed by atoms with Crippen LogP contribution in [0.4, 0.5) is 10.5 Å². The Hall–Kier alpha value is -2.34. The molecule has 0 aliphatic carbocycles. The zero-order valence-electron chi connectivity index (χ0n) is 14.0. The van der Waals surface area contributed by atoms with Crippen LogP contribution in [0.1, 0.15) is 6.92 Å². The predicted octanol–water partition coefficient (Wildman–Crippen LogP) is 3.25. The highest BCUT2D eigenvalue weighted by Gasteiger charge is 2.10. The number of para-hydroxylation sites is 1. The summed E-state index contributed by atoms with van der Waals surface area (Å²) >= 11 is 0. The molecule has 0 spiro atoms. The van der Waals surface area contributed by atoms with Crippen LogP contribution in [-0.4, -0.2) is 35.4 Å². The number of methoxy groups -OCH3 is 1. The Balaban J connectivity index is 2.10. The highest BCUT2D eigenvalue weighted by molar-refractivity contribution is 7.84. The maximum absolute atomic E-state index is 12.0. The fourth-order valence-electron chi connectivity index (χ4n) is 2.43. The third kappa shape index (κ3) is 5.09. The molecule has 5 nitrogen and oxygen atoms in total. The molecule has 0 radical (unpaired) electrons. The van der Waals surface area contributed by atoms with E-state index >= 15 is 0 Å². The molecule has 6 heteroatoms. The number of ether oxygens (including phenoxy) is 1. The molecule has 0 aliphatic rings. The van der Waals surface area contributed by atoms with Gasteiger partial charge in [0, 0.05) is 40.1 Å². The van der Waals surface area contributed by atoms with Gasteiger partial charge in [0.25, 0.3) is 0 Å². The molecule has 0 saturated heterocycles. The number of carbonyl (C=O) groups excluding carboxylic acids is 1. The summed E-state index contributed by atoms with van der Waals surface area (Å²) in [5, 5.41) is 5.58. The van der Waals surface area contributed by atoms with Gasteiger partial charge in [0.1, 0.15) is 5.75 Å². The third-order valence-corrected chi connectivity index (χ3v) is 4.37. The lowest BCUT2D eigenvalue weighted by Crippen LogP contribution is -2.39. The van der Waals surface area contributed by atoms with E-state index in [0.717, 1.165) is 16.9 Å². The Morgan fingerprint density at radius 2 is 1.96 bits per heavy atom. The minimum atomic E-state index is -0.947. The lowest BCUT2D eigenvalue weighted by molar-refractivity contribution is 0.250. The van der Waals surface area contributed by atoms with Crippen LogP contribution in [0.5, 0.6) is 5.75 Å². The van der Waals surface area contributed by atoms with E-state index in [9.17, 15) is 9.00 Å². The quantitative estimate of drug-likeness (QED) is 0.844. The number of benzene rings is 2. The number of anilines is 1. The molecule has 2 rings (SSSR count). The normalized spacial score (nSPS) is 13.0. The molecule has 0 aromatic heterocycles. The van der Waals surface area contributed by atoms with Gasteiger partial charge in [0.2, 0.25) is 0 Å². The summed E-state index contributed by atoms with van der Waals surface area (Å²) in [6.07, 6.45) is 1.62. The number of nitrogens with one attached hydrogen (secondary N) is 2. The van der Waals surface area contributed by atoms with Crippen molar-refractivity contribution < 1.29 is 13.7 Å². The second kappa shape index (κ2) is 8.49. The first-order valence-corrected chi connectivity index (χ1v) is 9.33. The lowest BCUT2D eigenvalue weighted by Gasteiger charge is -2.14. The van der Waals surface area contributed by atoms with Crippen LogP contribution < -0.4 is 15.4 Å². The average molecular weight is 346 g/mol. The van der Waals surface area contributed by atoms with Crippen molar-refractivity contribution in [1.82, 2.24) is 5.32 Å². The van der Waals surface area contributed by atoms with Crippen LogP contribution in [-0.2, 0) is 10.8 Å². The van der Waals surface area contributed by atoms with E-state index in [2.05, 4.69) is 10.6 Å². The van der Waals surface area contributed by atoms with Crippen LogP contribution in [0.3, 0.4) is 0 Å². The first-order valence-electron chi connectivity index (χ1n) is 7.60. The van der Waals surface area contributed by atoms with Crippen molar-refractivity contribution in [3.8, 4) is 16.9 Å². The Morgan fingerprint density at radius 3 is 2.67 bits per heavy atom. The minimum Gasteiger partial charge on any atom is -0.496 e. The molecule has 2 aromatic rings. The maximum atomic E-state index is 12.0. The van der Waals surface area contributed by atoms with Gasteiger partial charge in [-0.15, -0.1) is 0 Å². The number of rotatable bonds is 6. The molecule has 2 atom stereocenters. The molecule has 128 valence electrons. The Kier molecular flexibility index (Phi) is 6.37. The van der Waals surface area contributed by atoms with Crippen LogP contribution in [0.25, 0.3) is 11.1 Å². The van der Waals surface area contributed by atoms with E-state index in [1.807, 2.05) is 55.5 Å². The van der Waals surface area contributed by atoms with Gasteiger partial charge in [0.05, 0.1) is 7.11 Å². The van der Waals surface area contributed by atoms with E-state index in [0.29, 0.717) is 11.4 Å². The third-order valence-electron chi connectivity index (χ3n) is 3.40. The molecular weight excluding hydrogens is 324 g/mol. The molecule has 2 aromatic carbocycles. The molecule has 0 bridgehead atoms. The topological polar surface area (TPSA) is 67.4 Å². The van der Waals surface area contributed by atoms with Gasteiger partial charge in [0.15, 0.2) is 0 Å². The zero-order chi connectivity index (χ0) is 17.5. The summed E-state index contributed by atoms with van der Waals surface area (Å²) in [6, 6.07) is 14.8. The molecule has 0 fully saturated rings. The van der Waals surface area contributed by atoms with E-state index < -0.39 is 10.8 Å². The molecule has 2 N–H and O–H groups in total. The summed E-state index contributed by atoms with van der Waals surface area (Å²) in [5.74, 6) is 1.20. The molecule has 2 amide bonds. The Labute approximate surface area is 144 Å². The van der Waals surface area contributed by atoms with Gasteiger partial charge < -0.3 is 15.4 Å². The van der Waals surface area contributed by atoms with Gasteiger partial charge in [-0.05, 0) is 30.7 Å². The number of amides is 2. The van der Waals surface area contributed by atoms with Crippen molar-refractivity contribution in [2.24, 2.45) is 0 Å². The van der Waals surface area contributed by atoms with Crippen LogP contribution >= 0.6 is 0 Å². The van der Waals surface area contributed by atoms with E-state index in [1.54, 1.807) is 13.4 Å². The van der Waals surface area contributed by atoms with Gasteiger partial charge >= 0.3 is 6.03 Å². The van der Waals surface area contributed by atoms with Crippen LogP contribution in [0.2, 0.25) is 0 Å². The number of hydrogen-bond donors (Lipinski definition) is 2. The van der Waals surface area contributed by atoms with Crippen molar-refractivity contribution in [3.63, 3.8) is 0 Å². The molecule has 0 saturated carbocycles. The summed E-state index contributed by atoms with van der Waals surface area (Å²) in [4.78, 5) is 12.0. The van der Waals surface area contributed by atoms with E-state index in [-0.39, 0.29) is 12.1 Å². The van der Waals surface area contributed by atoms with Gasteiger partial charge in [-0.25, -0.2) is 4.79 Å².